The van der Waals surface area contributed by atoms with Gasteiger partial charge in [0.1, 0.15) is 5.58 Å². The predicted octanol–water partition coefficient (Wildman–Crippen LogP) is 6.58. The van der Waals surface area contributed by atoms with Gasteiger partial charge >= 0.3 is 5.63 Å². The van der Waals surface area contributed by atoms with Crippen molar-refractivity contribution < 1.29 is 13.9 Å². The lowest BCUT2D eigenvalue weighted by Crippen LogP contribution is -2.49. The van der Waals surface area contributed by atoms with Crippen molar-refractivity contribution in [3.63, 3.8) is 0 Å². The molecule has 0 fully saturated rings. The molecular weight excluding hydrogens is 534 g/mol. The second-order valence-electron chi connectivity index (χ2n) is 11.3. The number of ether oxygens (including phenoxy) is 1. The first-order valence-corrected chi connectivity index (χ1v) is 14.8. The van der Waals surface area contributed by atoms with Gasteiger partial charge in [0.2, 0.25) is 5.88 Å². The molecule has 39 heavy (non-hydrogen) atoms. The van der Waals surface area contributed by atoms with Crippen molar-refractivity contribution >= 4 is 39.4 Å². The van der Waals surface area contributed by atoms with Crippen LogP contribution in [-0.2, 0) is 4.79 Å². The molecule has 9 heteroatoms. The van der Waals surface area contributed by atoms with Crippen molar-refractivity contribution in [1.82, 2.24) is 4.98 Å². The lowest BCUT2D eigenvalue weighted by Gasteiger charge is -2.34. The third kappa shape index (κ3) is 9.34. The van der Waals surface area contributed by atoms with E-state index in [2.05, 4.69) is 4.98 Å². The summed E-state index contributed by atoms with van der Waals surface area (Å²) < 4.78 is 11.3. The zero-order valence-corrected chi connectivity index (χ0v) is 24.9. The van der Waals surface area contributed by atoms with E-state index in [9.17, 15) is 9.59 Å². The fraction of sp³-hybridized carbons (Fsp3) is 0.500. The summed E-state index contributed by atoms with van der Waals surface area (Å²) in [6, 6.07) is 10.2. The second-order valence-corrected chi connectivity index (χ2v) is 12.8. The number of halogens is 1. The molecule has 0 saturated carbocycles. The third-order valence-electron chi connectivity index (χ3n) is 6.70. The molecule has 2 heterocycles. The monoisotopic (exact) mass is 573 g/mol. The lowest BCUT2D eigenvalue weighted by molar-refractivity contribution is -0.119. The number of benzene rings is 1. The maximum Gasteiger partial charge on any atom is 0.344 e. The highest BCUT2D eigenvalue weighted by molar-refractivity contribution is 8.13. The molecule has 0 radical (unpaired) electrons. The van der Waals surface area contributed by atoms with E-state index in [-0.39, 0.29) is 11.2 Å². The molecule has 3 rings (SSSR count). The predicted molar refractivity (Wildman–Crippen MR) is 161 cm³/mol. The van der Waals surface area contributed by atoms with E-state index in [1.54, 1.807) is 36.5 Å². The molecule has 212 valence electrons. The van der Waals surface area contributed by atoms with Crippen molar-refractivity contribution in [3.8, 4) is 17.0 Å². The molecule has 3 aromatic rings. The van der Waals surface area contributed by atoms with Crippen molar-refractivity contribution in [3.05, 3.63) is 58.0 Å². The zero-order chi connectivity index (χ0) is 28.6. The molecule has 0 amide bonds. The van der Waals surface area contributed by atoms with Crippen molar-refractivity contribution in [2.24, 2.45) is 16.9 Å². The number of pyridine rings is 1. The Hall–Kier alpha value is -2.39. The normalized spacial score (nSPS) is 13.0. The summed E-state index contributed by atoms with van der Waals surface area (Å²) in [4.78, 5) is 29.6. The number of hydrogen-bond acceptors (Lipinski definition) is 8. The number of rotatable bonds is 14. The summed E-state index contributed by atoms with van der Waals surface area (Å²) in [6.45, 7) is 8.22. The molecule has 1 unspecified atom stereocenters. The second kappa shape index (κ2) is 13.8. The van der Waals surface area contributed by atoms with E-state index in [4.69, 9.17) is 32.2 Å². The number of hydrogen-bond donors (Lipinski definition) is 2. The van der Waals surface area contributed by atoms with E-state index in [0.717, 1.165) is 37.9 Å². The smallest absolute Gasteiger partial charge is 0.344 e. The molecule has 1 aromatic carbocycles. The third-order valence-corrected chi connectivity index (χ3v) is 8.22. The van der Waals surface area contributed by atoms with Gasteiger partial charge in [-0.25, -0.2) is 9.78 Å². The Kier molecular flexibility index (Phi) is 11.0. The largest absolute Gasteiger partial charge is 0.478 e. The average molecular weight is 574 g/mol. The van der Waals surface area contributed by atoms with Crippen LogP contribution in [0.1, 0.15) is 66.2 Å². The minimum Gasteiger partial charge on any atom is -0.478 e. The van der Waals surface area contributed by atoms with E-state index in [1.807, 2.05) is 33.8 Å². The minimum atomic E-state index is -0.601. The molecule has 0 aliphatic rings. The molecule has 0 aliphatic heterocycles. The van der Waals surface area contributed by atoms with E-state index < -0.39 is 16.6 Å². The van der Waals surface area contributed by atoms with Crippen LogP contribution >= 0.6 is 23.4 Å². The number of thioether (sulfide) groups is 1. The standard InChI is InChI=1S/C30H40ClN3O4S/c1-29(2,33)18-25(32)30(3,4)28(36)39-14-9-7-5-6-8-13-37-26-17-24-21(19-34-26)16-23(27(35)38-24)20-11-10-12-22(31)15-20/h10-12,15-17,19,25H,5-9,13-14,18,32-33H2,1-4H3. The Morgan fingerprint density at radius 1 is 1.10 bits per heavy atom. The summed E-state index contributed by atoms with van der Waals surface area (Å²) in [5.74, 6) is 1.22. The molecule has 2 aromatic heterocycles. The molecule has 0 spiro atoms. The van der Waals surface area contributed by atoms with Crippen LogP contribution in [0, 0.1) is 5.41 Å². The summed E-state index contributed by atoms with van der Waals surface area (Å²) in [5, 5.41) is 1.39. The van der Waals surface area contributed by atoms with Crippen molar-refractivity contribution in [2.45, 2.75) is 77.8 Å². The van der Waals surface area contributed by atoms with E-state index in [0.29, 0.717) is 46.0 Å². The van der Waals surface area contributed by atoms with Gasteiger partial charge in [0.15, 0.2) is 5.12 Å². The first kappa shape index (κ1) is 31.1. The van der Waals surface area contributed by atoms with Gasteiger partial charge in [-0.3, -0.25) is 4.79 Å². The van der Waals surface area contributed by atoms with E-state index in [1.165, 1.54) is 11.8 Å². The fourth-order valence-electron chi connectivity index (χ4n) is 4.17. The maximum atomic E-state index is 12.7. The number of carbonyl (C=O) groups excluding carboxylic acids is 1. The van der Waals surface area contributed by atoms with Gasteiger partial charge in [-0.05, 0) is 56.9 Å². The number of aromatic nitrogens is 1. The number of unbranched alkanes of at least 4 members (excludes halogenated alkanes) is 4. The lowest BCUT2D eigenvalue weighted by atomic mass is 9.80. The van der Waals surface area contributed by atoms with Gasteiger partial charge in [0, 0.05) is 45.4 Å². The Labute approximate surface area is 240 Å². The average Bonchev–Trinajstić information content (AvgIpc) is 2.86. The quantitative estimate of drug-likeness (QED) is 0.207. The van der Waals surface area contributed by atoms with Crippen LogP contribution in [0.5, 0.6) is 5.88 Å². The van der Waals surface area contributed by atoms with Gasteiger partial charge in [-0.1, -0.05) is 68.6 Å². The molecule has 4 N–H and O–H groups in total. The zero-order valence-electron chi connectivity index (χ0n) is 23.3. The summed E-state index contributed by atoms with van der Waals surface area (Å²) >= 11 is 7.43. The van der Waals surface area contributed by atoms with Crippen LogP contribution < -0.4 is 21.8 Å². The molecule has 1 atom stereocenters. The number of nitrogens with zero attached hydrogens (tertiary/aromatic N) is 1. The van der Waals surface area contributed by atoms with Gasteiger partial charge in [-0.15, -0.1) is 0 Å². The molecular formula is C30H40ClN3O4S. The Bertz CT molecular complexity index is 1320. The number of carbonyl (C=O) groups is 1. The Balaban J connectivity index is 1.36. The highest BCUT2D eigenvalue weighted by atomic mass is 35.5. The Morgan fingerprint density at radius 2 is 1.82 bits per heavy atom. The van der Waals surface area contributed by atoms with Crippen LogP contribution in [0.3, 0.4) is 0 Å². The van der Waals surface area contributed by atoms with Crippen LogP contribution in [0.25, 0.3) is 22.1 Å². The Morgan fingerprint density at radius 3 is 2.54 bits per heavy atom. The molecule has 0 saturated heterocycles. The first-order valence-electron chi connectivity index (χ1n) is 13.4. The molecule has 0 bridgehead atoms. The molecule has 0 aliphatic carbocycles. The summed E-state index contributed by atoms with van der Waals surface area (Å²) in [6.07, 6.45) is 7.25. The highest BCUT2D eigenvalue weighted by Gasteiger charge is 2.36. The number of nitrogens with two attached hydrogens (primary N) is 2. The fourth-order valence-corrected chi connectivity index (χ4v) is 5.41. The van der Waals surface area contributed by atoms with Crippen LogP contribution in [0.4, 0.5) is 0 Å². The summed E-state index contributed by atoms with van der Waals surface area (Å²) in [5.41, 5.74) is 12.5. The topological polar surface area (TPSA) is 121 Å². The van der Waals surface area contributed by atoms with Gasteiger partial charge in [0.05, 0.1) is 12.2 Å². The van der Waals surface area contributed by atoms with E-state index >= 15 is 0 Å². The van der Waals surface area contributed by atoms with Gasteiger partial charge in [0.25, 0.3) is 0 Å². The highest BCUT2D eigenvalue weighted by Crippen LogP contribution is 2.31. The maximum absolute atomic E-state index is 12.7. The summed E-state index contributed by atoms with van der Waals surface area (Å²) in [7, 11) is 0. The number of fused-ring (bicyclic) bond motifs is 1. The van der Waals surface area contributed by atoms with Crippen LogP contribution in [-0.4, -0.2) is 34.0 Å². The van der Waals surface area contributed by atoms with Gasteiger partial charge in [-0.2, -0.15) is 0 Å². The van der Waals surface area contributed by atoms with Gasteiger partial charge < -0.3 is 20.6 Å². The van der Waals surface area contributed by atoms with Crippen molar-refractivity contribution in [2.75, 3.05) is 12.4 Å². The first-order chi connectivity index (χ1) is 18.4. The van der Waals surface area contributed by atoms with Crippen molar-refractivity contribution in [1.29, 1.82) is 0 Å². The van der Waals surface area contributed by atoms with Crippen LogP contribution in [0.2, 0.25) is 5.02 Å². The van der Waals surface area contributed by atoms with Crippen LogP contribution in [0.15, 0.2) is 51.8 Å². The molecule has 7 nitrogen and oxygen atoms in total. The SMILES string of the molecule is CC(C)(N)CC(N)C(C)(C)C(=O)SCCCCCCCOc1cc2oc(=O)c(-c3cccc(Cl)c3)cc2cn1. The minimum absolute atomic E-state index is 0.132.